The quantitative estimate of drug-likeness (QED) is 0.657. The van der Waals surface area contributed by atoms with Crippen molar-refractivity contribution in [2.24, 2.45) is 14.1 Å². The van der Waals surface area contributed by atoms with Crippen LogP contribution in [-0.4, -0.2) is 14.9 Å². The first kappa shape index (κ1) is 18.6. The van der Waals surface area contributed by atoms with Crippen LogP contribution < -0.4 is 16.6 Å². The van der Waals surface area contributed by atoms with Gasteiger partial charge in [0, 0.05) is 41.7 Å². The number of Topliss-reactive ketones (excluding diaryl/α,β-unsaturated/α-hetero) is 1. The lowest BCUT2D eigenvalue weighted by molar-refractivity contribution is 0.103. The fourth-order valence-corrected chi connectivity index (χ4v) is 4.57. The second kappa shape index (κ2) is 6.31. The molecule has 1 aromatic heterocycles. The zero-order valence-electron chi connectivity index (χ0n) is 16.6. The number of aromatic nitrogens is 2. The number of ketones is 1. The molecule has 3 aromatic rings. The van der Waals surface area contributed by atoms with Gasteiger partial charge in [-0.05, 0) is 24.1 Å². The predicted octanol–water partition coefficient (Wildman–Crippen LogP) is 3.21. The molecule has 1 unspecified atom stereocenters. The van der Waals surface area contributed by atoms with E-state index in [1.54, 1.807) is 19.2 Å². The molecule has 2 heterocycles. The van der Waals surface area contributed by atoms with Crippen LogP contribution in [0.3, 0.4) is 0 Å². The van der Waals surface area contributed by atoms with Gasteiger partial charge in [0.2, 0.25) is 0 Å². The van der Waals surface area contributed by atoms with Gasteiger partial charge in [-0.15, -0.1) is 0 Å². The van der Waals surface area contributed by atoms with Crippen molar-refractivity contribution >= 4 is 28.9 Å². The van der Waals surface area contributed by atoms with Crippen molar-refractivity contribution in [3.8, 4) is 0 Å². The third-order valence-electron chi connectivity index (χ3n) is 6.00. The summed E-state index contributed by atoms with van der Waals surface area (Å²) in [4.78, 5) is 39.2. The summed E-state index contributed by atoms with van der Waals surface area (Å²) in [6.07, 6.45) is 0. The molecule has 0 radical (unpaired) electrons. The van der Waals surface area contributed by atoms with Gasteiger partial charge in [-0.3, -0.25) is 18.7 Å². The van der Waals surface area contributed by atoms with Crippen LogP contribution in [0.25, 0.3) is 5.70 Å². The number of halogens is 1. The number of nitrogens with zero attached hydrogens (tertiary/aromatic N) is 2. The van der Waals surface area contributed by atoms with Gasteiger partial charge in [-0.2, -0.15) is 0 Å². The van der Waals surface area contributed by atoms with Crippen molar-refractivity contribution in [1.82, 2.24) is 9.13 Å². The van der Waals surface area contributed by atoms with E-state index in [0.717, 1.165) is 21.3 Å². The van der Waals surface area contributed by atoms with Crippen LogP contribution in [0.5, 0.6) is 0 Å². The molecule has 5 rings (SSSR count). The van der Waals surface area contributed by atoms with Gasteiger partial charge in [-0.25, -0.2) is 4.79 Å². The Labute approximate surface area is 177 Å². The summed E-state index contributed by atoms with van der Waals surface area (Å²) in [5.41, 5.74) is 3.60. The van der Waals surface area contributed by atoms with E-state index in [1.165, 1.54) is 11.6 Å². The Kier molecular flexibility index (Phi) is 3.92. The lowest BCUT2D eigenvalue weighted by Gasteiger charge is -2.29. The first-order valence-electron chi connectivity index (χ1n) is 9.52. The highest BCUT2D eigenvalue weighted by molar-refractivity contribution is 6.31. The van der Waals surface area contributed by atoms with Gasteiger partial charge in [0.15, 0.2) is 5.78 Å². The first-order chi connectivity index (χ1) is 14.3. The lowest BCUT2D eigenvalue weighted by atomic mass is 9.81. The molecular formula is C23H18ClN3O3. The van der Waals surface area contributed by atoms with E-state index in [4.69, 9.17) is 11.6 Å². The second-order valence-corrected chi connectivity index (χ2v) is 8.11. The smallest absolute Gasteiger partial charge is 0.332 e. The molecule has 30 heavy (non-hydrogen) atoms. The molecule has 0 saturated carbocycles. The summed E-state index contributed by atoms with van der Waals surface area (Å²) in [5, 5.41) is 3.78. The molecule has 1 atom stereocenters. The summed E-state index contributed by atoms with van der Waals surface area (Å²) < 4.78 is 2.48. The Balaban J connectivity index is 1.90. The van der Waals surface area contributed by atoms with Crippen LogP contribution in [0, 0.1) is 6.92 Å². The molecule has 0 spiro atoms. The Hall–Kier alpha value is -3.38. The summed E-state index contributed by atoms with van der Waals surface area (Å²) in [7, 11) is 3.06. The number of benzene rings is 2. The molecule has 6 nitrogen and oxygen atoms in total. The summed E-state index contributed by atoms with van der Waals surface area (Å²) in [5.74, 6) is -0.371. The second-order valence-electron chi connectivity index (χ2n) is 7.70. The van der Waals surface area contributed by atoms with E-state index < -0.39 is 17.2 Å². The predicted molar refractivity (Wildman–Crippen MR) is 116 cm³/mol. The highest BCUT2D eigenvalue weighted by Crippen LogP contribution is 2.48. The summed E-state index contributed by atoms with van der Waals surface area (Å²) in [6, 6.07) is 12.9. The Bertz CT molecular complexity index is 1430. The molecule has 2 aromatic carbocycles. The Morgan fingerprint density at radius 2 is 1.67 bits per heavy atom. The van der Waals surface area contributed by atoms with Gasteiger partial charge in [0.1, 0.15) is 5.82 Å². The van der Waals surface area contributed by atoms with Crippen molar-refractivity contribution in [1.29, 1.82) is 0 Å². The van der Waals surface area contributed by atoms with Crippen LogP contribution >= 0.6 is 11.6 Å². The minimum atomic E-state index is -0.639. The van der Waals surface area contributed by atoms with Gasteiger partial charge in [-0.1, -0.05) is 48.0 Å². The van der Waals surface area contributed by atoms with E-state index in [2.05, 4.69) is 5.32 Å². The maximum absolute atomic E-state index is 13.4. The number of aryl methyl sites for hydroxylation is 1. The van der Waals surface area contributed by atoms with E-state index in [1.807, 2.05) is 37.3 Å². The van der Waals surface area contributed by atoms with Crippen molar-refractivity contribution < 1.29 is 4.79 Å². The van der Waals surface area contributed by atoms with Gasteiger partial charge >= 0.3 is 5.69 Å². The largest absolute Gasteiger partial charge is 0.340 e. The third-order valence-corrected chi connectivity index (χ3v) is 6.41. The molecular weight excluding hydrogens is 402 g/mol. The highest BCUT2D eigenvalue weighted by atomic mass is 35.5. The van der Waals surface area contributed by atoms with Crippen molar-refractivity contribution in [2.75, 3.05) is 5.32 Å². The van der Waals surface area contributed by atoms with Gasteiger partial charge < -0.3 is 5.32 Å². The number of nitrogens with one attached hydrogen (secondary N) is 1. The van der Waals surface area contributed by atoms with Crippen molar-refractivity contribution in [3.63, 3.8) is 0 Å². The van der Waals surface area contributed by atoms with Crippen LogP contribution in [0.4, 0.5) is 5.82 Å². The molecule has 0 amide bonds. The Morgan fingerprint density at radius 3 is 2.37 bits per heavy atom. The van der Waals surface area contributed by atoms with E-state index in [0.29, 0.717) is 33.2 Å². The SMILES string of the molecule is Cc1ccc(C2C3=C(Nc4c2c(=O)n(C)c(=O)n4C)c2ccccc2C3=O)cc1Cl. The minimum absolute atomic E-state index is 0.128. The zero-order valence-corrected chi connectivity index (χ0v) is 17.4. The highest BCUT2D eigenvalue weighted by Gasteiger charge is 2.42. The van der Waals surface area contributed by atoms with Crippen molar-refractivity contribution in [2.45, 2.75) is 12.8 Å². The van der Waals surface area contributed by atoms with Gasteiger partial charge in [0.25, 0.3) is 5.56 Å². The molecule has 150 valence electrons. The van der Waals surface area contributed by atoms with Crippen LogP contribution in [0.1, 0.15) is 38.5 Å². The zero-order chi connectivity index (χ0) is 21.3. The van der Waals surface area contributed by atoms with Gasteiger partial charge in [0.05, 0.1) is 11.3 Å². The molecule has 0 fully saturated rings. The molecule has 0 saturated heterocycles. The number of carbonyl (C=O) groups is 1. The molecule has 7 heteroatoms. The molecule has 1 aliphatic heterocycles. The number of allylic oxidation sites excluding steroid dienone is 1. The minimum Gasteiger partial charge on any atom is -0.340 e. The number of anilines is 1. The third kappa shape index (κ3) is 2.34. The van der Waals surface area contributed by atoms with Crippen molar-refractivity contribution in [3.05, 3.63) is 102 Å². The summed E-state index contributed by atoms with van der Waals surface area (Å²) in [6.45, 7) is 1.90. The van der Waals surface area contributed by atoms with E-state index >= 15 is 0 Å². The van der Waals surface area contributed by atoms with Crippen LogP contribution in [-0.2, 0) is 14.1 Å². The molecule has 0 bridgehead atoms. The average molecular weight is 420 g/mol. The number of rotatable bonds is 1. The molecule has 2 aliphatic rings. The number of fused-ring (bicyclic) bond motifs is 3. The standard InChI is InChI=1S/C23H18ClN3O3/c1-11-8-9-12(10-15(11)24)16-17-19(13-6-4-5-7-14(13)20(17)28)25-21-18(16)22(29)27(3)23(30)26(21)2/h4-10,16,25H,1-3H3. The number of carbonyl (C=O) groups excluding carboxylic acids is 1. The van der Waals surface area contributed by atoms with Crippen LogP contribution in [0.15, 0.2) is 57.6 Å². The van der Waals surface area contributed by atoms with E-state index in [9.17, 15) is 14.4 Å². The lowest BCUT2D eigenvalue weighted by Crippen LogP contribution is -2.42. The first-order valence-corrected chi connectivity index (χ1v) is 9.90. The molecule has 1 aliphatic carbocycles. The summed E-state index contributed by atoms with van der Waals surface area (Å²) >= 11 is 6.40. The maximum Gasteiger partial charge on any atom is 0.332 e. The monoisotopic (exact) mass is 419 g/mol. The topological polar surface area (TPSA) is 73.1 Å². The number of hydrogen-bond acceptors (Lipinski definition) is 4. The average Bonchev–Trinajstić information content (AvgIpc) is 3.03. The fraction of sp³-hybridized carbons (Fsp3) is 0.174. The van der Waals surface area contributed by atoms with E-state index in [-0.39, 0.29) is 5.78 Å². The van der Waals surface area contributed by atoms with Crippen LogP contribution in [0.2, 0.25) is 5.02 Å². The Morgan fingerprint density at radius 1 is 0.967 bits per heavy atom. The molecule has 1 N–H and O–H groups in total. The maximum atomic E-state index is 13.4. The normalized spacial score (nSPS) is 16.8. The number of hydrogen-bond donors (Lipinski definition) is 1. The fourth-order valence-electron chi connectivity index (χ4n) is 4.38.